The maximum absolute atomic E-state index is 12.5. The van der Waals surface area contributed by atoms with Gasteiger partial charge < -0.3 is 25.2 Å². The number of hydrogen-bond donors (Lipinski definition) is 2. The smallest absolute Gasteiger partial charge is 0.410 e. The van der Waals surface area contributed by atoms with Gasteiger partial charge in [-0.25, -0.2) is 4.79 Å². The van der Waals surface area contributed by atoms with Crippen LogP contribution in [-0.2, 0) is 20.9 Å². The Morgan fingerprint density at radius 3 is 2.40 bits per heavy atom. The van der Waals surface area contributed by atoms with Crippen LogP contribution in [0.25, 0.3) is 0 Å². The summed E-state index contributed by atoms with van der Waals surface area (Å²) in [5.74, 6) is -0.0271. The minimum atomic E-state index is -0.513. The van der Waals surface area contributed by atoms with Crippen molar-refractivity contribution in [2.24, 2.45) is 5.92 Å². The number of benzene rings is 1. The third-order valence-electron chi connectivity index (χ3n) is 5.32. The molecule has 3 rings (SSSR count). The van der Waals surface area contributed by atoms with Crippen LogP contribution in [0.3, 0.4) is 0 Å². The first-order valence-corrected chi connectivity index (χ1v) is 10.6. The molecular formula is C22H32N4O4. The van der Waals surface area contributed by atoms with Gasteiger partial charge in [0, 0.05) is 44.3 Å². The van der Waals surface area contributed by atoms with E-state index in [9.17, 15) is 14.4 Å². The number of amides is 3. The molecule has 1 aromatic rings. The summed E-state index contributed by atoms with van der Waals surface area (Å²) in [6.45, 7) is 8.90. The molecule has 8 nitrogen and oxygen atoms in total. The van der Waals surface area contributed by atoms with E-state index >= 15 is 0 Å². The Balaban J connectivity index is 1.43. The monoisotopic (exact) mass is 416 g/mol. The fourth-order valence-electron chi connectivity index (χ4n) is 3.67. The van der Waals surface area contributed by atoms with Crippen LogP contribution in [0.15, 0.2) is 24.3 Å². The van der Waals surface area contributed by atoms with Gasteiger partial charge in [-0.3, -0.25) is 9.59 Å². The molecular weight excluding hydrogens is 384 g/mol. The van der Waals surface area contributed by atoms with Crippen LogP contribution < -0.4 is 15.5 Å². The molecule has 0 aromatic heterocycles. The number of likely N-dealkylation sites (tertiary alicyclic amines) is 1. The van der Waals surface area contributed by atoms with Gasteiger partial charge in [0.15, 0.2) is 0 Å². The highest BCUT2D eigenvalue weighted by molar-refractivity contribution is 5.82. The van der Waals surface area contributed by atoms with Gasteiger partial charge in [-0.2, -0.15) is 0 Å². The zero-order valence-electron chi connectivity index (χ0n) is 18.1. The lowest BCUT2D eigenvalue weighted by Gasteiger charge is -2.33. The Kier molecular flexibility index (Phi) is 6.84. The molecule has 2 aliphatic heterocycles. The third kappa shape index (κ3) is 6.11. The van der Waals surface area contributed by atoms with Gasteiger partial charge in [0.05, 0.1) is 6.54 Å². The number of rotatable bonds is 4. The molecule has 0 radical (unpaired) electrons. The summed E-state index contributed by atoms with van der Waals surface area (Å²) < 4.78 is 5.40. The molecule has 164 valence electrons. The van der Waals surface area contributed by atoms with Crippen molar-refractivity contribution in [2.45, 2.75) is 45.8 Å². The van der Waals surface area contributed by atoms with E-state index in [4.69, 9.17) is 4.74 Å². The first-order chi connectivity index (χ1) is 14.2. The van der Waals surface area contributed by atoms with Gasteiger partial charge in [-0.1, -0.05) is 12.1 Å². The first kappa shape index (κ1) is 21.9. The van der Waals surface area contributed by atoms with Crippen LogP contribution >= 0.6 is 0 Å². The second-order valence-electron chi connectivity index (χ2n) is 8.90. The average molecular weight is 417 g/mol. The van der Waals surface area contributed by atoms with E-state index in [0.29, 0.717) is 45.6 Å². The highest BCUT2D eigenvalue weighted by atomic mass is 16.6. The molecule has 2 heterocycles. The molecule has 3 amide bonds. The SMILES string of the molecule is CC(C)(C)OC(=O)N1CCC(C(=O)NCc2ccc(N3CCNC(=O)C3)cc2)CC1. The lowest BCUT2D eigenvalue weighted by molar-refractivity contribution is -0.126. The van der Waals surface area contributed by atoms with Crippen LogP contribution in [0.5, 0.6) is 0 Å². The number of anilines is 1. The van der Waals surface area contributed by atoms with Crippen molar-refractivity contribution in [1.82, 2.24) is 15.5 Å². The van der Waals surface area contributed by atoms with Crippen LogP contribution in [-0.4, -0.2) is 61.1 Å². The van der Waals surface area contributed by atoms with Gasteiger partial charge in [-0.15, -0.1) is 0 Å². The molecule has 1 aromatic carbocycles. The van der Waals surface area contributed by atoms with Crippen LogP contribution in [0.4, 0.5) is 10.5 Å². The summed E-state index contributed by atoms with van der Waals surface area (Å²) >= 11 is 0. The van der Waals surface area contributed by atoms with Crippen molar-refractivity contribution in [1.29, 1.82) is 0 Å². The van der Waals surface area contributed by atoms with E-state index in [2.05, 4.69) is 10.6 Å². The summed E-state index contributed by atoms with van der Waals surface area (Å²) in [4.78, 5) is 39.9. The third-order valence-corrected chi connectivity index (χ3v) is 5.32. The van der Waals surface area contributed by atoms with Crippen molar-refractivity contribution in [3.8, 4) is 0 Å². The maximum Gasteiger partial charge on any atom is 0.410 e. The number of nitrogens with zero attached hydrogens (tertiary/aromatic N) is 2. The molecule has 0 spiro atoms. The van der Waals surface area contributed by atoms with E-state index < -0.39 is 5.60 Å². The van der Waals surface area contributed by atoms with E-state index in [1.165, 1.54) is 0 Å². The van der Waals surface area contributed by atoms with Crippen LogP contribution in [0.1, 0.15) is 39.2 Å². The predicted octanol–water partition coefficient (Wildman–Crippen LogP) is 1.89. The average Bonchev–Trinajstić information content (AvgIpc) is 2.71. The van der Waals surface area contributed by atoms with E-state index in [1.54, 1.807) is 4.90 Å². The highest BCUT2D eigenvalue weighted by Crippen LogP contribution is 2.20. The zero-order chi connectivity index (χ0) is 21.7. The van der Waals surface area contributed by atoms with Crippen LogP contribution in [0, 0.1) is 5.92 Å². The Bertz CT molecular complexity index is 764. The normalized spacial score (nSPS) is 18.0. The molecule has 0 bridgehead atoms. The second kappa shape index (κ2) is 9.36. The van der Waals surface area contributed by atoms with Gasteiger partial charge in [0.25, 0.3) is 0 Å². The molecule has 0 aliphatic carbocycles. The minimum absolute atomic E-state index is 0.0237. The van der Waals surface area contributed by atoms with E-state index in [1.807, 2.05) is 49.9 Å². The molecule has 2 N–H and O–H groups in total. The molecule has 8 heteroatoms. The summed E-state index contributed by atoms with van der Waals surface area (Å²) in [6, 6.07) is 7.93. The number of hydrogen-bond acceptors (Lipinski definition) is 5. The van der Waals surface area contributed by atoms with Crippen molar-refractivity contribution < 1.29 is 19.1 Å². The zero-order valence-corrected chi connectivity index (χ0v) is 18.1. The number of carbonyl (C=O) groups excluding carboxylic acids is 3. The standard InChI is InChI=1S/C22H32N4O4/c1-22(2,3)30-21(29)25-11-8-17(9-12-25)20(28)24-14-16-4-6-18(7-5-16)26-13-10-23-19(27)15-26/h4-7,17H,8-15H2,1-3H3,(H,23,27)(H,24,28). The molecule has 2 fully saturated rings. The topological polar surface area (TPSA) is 91.0 Å². The van der Waals surface area contributed by atoms with Gasteiger partial charge in [0.2, 0.25) is 11.8 Å². The van der Waals surface area contributed by atoms with E-state index in [0.717, 1.165) is 17.8 Å². The first-order valence-electron chi connectivity index (χ1n) is 10.6. The molecule has 30 heavy (non-hydrogen) atoms. The summed E-state index contributed by atoms with van der Waals surface area (Å²) in [7, 11) is 0. The minimum Gasteiger partial charge on any atom is -0.444 e. The van der Waals surface area contributed by atoms with Crippen molar-refractivity contribution in [3.63, 3.8) is 0 Å². The second-order valence-corrected chi connectivity index (χ2v) is 8.90. The van der Waals surface area contributed by atoms with Gasteiger partial charge >= 0.3 is 6.09 Å². The molecule has 0 unspecified atom stereocenters. The fraction of sp³-hybridized carbons (Fsp3) is 0.591. The largest absolute Gasteiger partial charge is 0.444 e. The van der Waals surface area contributed by atoms with Gasteiger partial charge in [0.1, 0.15) is 5.60 Å². The molecule has 2 saturated heterocycles. The number of piperazine rings is 1. The molecule has 2 aliphatic rings. The number of nitrogens with one attached hydrogen (secondary N) is 2. The van der Waals surface area contributed by atoms with Crippen molar-refractivity contribution >= 4 is 23.6 Å². The Morgan fingerprint density at radius 2 is 1.80 bits per heavy atom. The molecule has 0 atom stereocenters. The highest BCUT2D eigenvalue weighted by Gasteiger charge is 2.29. The Labute approximate surface area is 177 Å². The quantitative estimate of drug-likeness (QED) is 0.782. The number of ether oxygens (including phenoxy) is 1. The summed E-state index contributed by atoms with van der Waals surface area (Å²) in [5, 5.41) is 5.82. The van der Waals surface area contributed by atoms with E-state index in [-0.39, 0.29) is 23.8 Å². The Hall–Kier alpha value is -2.77. The summed E-state index contributed by atoms with van der Waals surface area (Å²) in [5.41, 5.74) is 1.51. The molecule has 0 saturated carbocycles. The summed E-state index contributed by atoms with van der Waals surface area (Å²) in [6.07, 6.45) is 0.967. The lowest BCUT2D eigenvalue weighted by atomic mass is 9.96. The van der Waals surface area contributed by atoms with Crippen LogP contribution in [0.2, 0.25) is 0 Å². The van der Waals surface area contributed by atoms with Gasteiger partial charge in [-0.05, 0) is 51.3 Å². The van der Waals surface area contributed by atoms with Crippen molar-refractivity contribution in [2.75, 3.05) is 37.6 Å². The van der Waals surface area contributed by atoms with Crippen molar-refractivity contribution in [3.05, 3.63) is 29.8 Å². The lowest BCUT2D eigenvalue weighted by Crippen LogP contribution is -2.47. The number of piperidine rings is 1. The Morgan fingerprint density at radius 1 is 1.13 bits per heavy atom. The predicted molar refractivity (Wildman–Crippen MR) is 114 cm³/mol. The number of carbonyl (C=O) groups is 3. The maximum atomic E-state index is 12.5. The fourth-order valence-corrected chi connectivity index (χ4v) is 3.67.